The van der Waals surface area contributed by atoms with Crippen molar-refractivity contribution in [3.05, 3.63) is 59.9 Å². The number of benzene rings is 1. The molecular weight excluding hydrogens is 425 g/mol. The zero-order valence-corrected chi connectivity index (χ0v) is 18.8. The summed E-state index contributed by atoms with van der Waals surface area (Å²) in [6.07, 6.45) is 5.68. The fourth-order valence-electron chi connectivity index (χ4n) is 4.83. The Morgan fingerprint density at radius 3 is 2.64 bits per heavy atom. The summed E-state index contributed by atoms with van der Waals surface area (Å²) in [4.78, 5) is 50.3. The Bertz CT molecular complexity index is 1040. The first-order chi connectivity index (χ1) is 15.8. The van der Waals surface area contributed by atoms with Gasteiger partial charge in [-0.25, -0.2) is 14.2 Å². The minimum atomic E-state index is -1.17. The first-order valence-electron chi connectivity index (χ1n) is 11.2. The van der Waals surface area contributed by atoms with Gasteiger partial charge >= 0.3 is 6.03 Å². The molecule has 2 saturated heterocycles. The highest BCUT2D eigenvalue weighted by molar-refractivity contribution is 6.07. The molecule has 3 heterocycles. The Hall–Kier alpha value is -3.36. The van der Waals surface area contributed by atoms with E-state index in [0.29, 0.717) is 38.0 Å². The minimum absolute atomic E-state index is 0.121. The average molecular weight is 454 g/mol. The van der Waals surface area contributed by atoms with E-state index in [1.165, 1.54) is 35.6 Å². The maximum absolute atomic E-state index is 13.9. The van der Waals surface area contributed by atoms with Crippen molar-refractivity contribution in [3.63, 3.8) is 0 Å². The summed E-state index contributed by atoms with van der Waals surface area (Å²) in [5, 5.41) is 2.98. The first-order valence-corrected chi connectivity index (χ1v) is 11.2. The monoisotopic (exact) mass is 453 g/mol. The van der Waals surface area contributed by atoms with Gasteiger partial charge in [-0.05, 0) is 42.4 Å². The van der Waals surface area contributed by atoms with Gasteiger partial charge < -0.3 is 10.2 Å². The van der Waals surface area contributed by atoms with Gasteiger partial charge in [-0.3, -0.25) is 19.5 Å². The minimum Gasteiger partial charge on any atom is -0.337 e. The van der Waals surface area contributed by atoms with E-state index < -0.39 is 11.6 Å². The van der Waals surface area contributed by atoms with E-state index in [2.05, 4.69) is 15.3 Å². The van der Waals surface area contributed by atoms with Crippen molar-refractivity contribution < 1.29 is 18.8 Å². The molecule has 2 aliphatic rings. The van der Waals surface area contributed by atoms with Crippen molar-refractivity contribution in [2.75, 3.05) is 19.6 Å². The number of rotatable bonds is 6. The summed E-state index contributed by atoms with van der Waals surface area (Å²) in [6.45, 7) is 5.07. The molecule has 0 unspecified atom stereocenters. The van der Waals surface area contributed by atoms with E-state index >= 15 is 0 Å². The van der Waals surface area contributed by atoms with Crippen molar-refractivity contribution in [1.29, 1.82) is 0 Å². The van der Waals surface area contributed by atoms with Gasteiger partial charge in [0.15, 0.2) is 0 Å². The standard InChI is InChI=1S/C24H28FN5O3/c1-16(2)15-30-22(32)24(28-23(30)33,13-17-4-3-5-19(25)12-17)18-6-10-29(11-7-18)21(31)20-14-26-8-9-27-20/h3-5,8-9,12,14,16,18H,6-7,10-11,13,15H2,1-2H3,(H,28,33)/t24-/m0/s1. The van der Waals surface area contributed by atoms with E-state index in [1.54, 1.807) is 17.0 Å². The van der Waals surface area contributed by atoms with E-state index in [4.69, 9.17) is 0 Å². The number of carbonyl (C=O) groups is 3. The van der Waals surface area contributed by atoms with Gasteiger partial charge in [0.25, 0.3) is 11.8 Å². The number of nitrogens with zero attached hydrogens (tertiary/aromatic N) is 4. The summed E-state index contributed by atoms with van der Waals surface area (Å²) in [5.41, 5.74) is -0.242. The van der Waals surface area contributed by atoms with Gasteiger partial charge in [0.2, 0.25) is 0 Å². The van der Waals surface area contributed by atoms with Crippen LogP contribution in [-0.4, -0.2) is 62.8 Å². The van der Waals surface area contributed by atoms with Gasteiger partial charge in [-0.1, -0.05) is 26.0 Å². The number of hydrogen-bond acceptors (Lipinski definition) is 5. The second kappa shape index (κ2) is 9.25. The van der Waals surface area contributed by atoms with Crippen molar-refractivity contribution in [2.45, 2.75) is 38.6 Å². The van der Waals surface area contributed by atoms with Crippen molar-refractivity contribution in [2.24, 2.45) is 11.8 Å². The molecule has 174 valence electrons. The lowest BCUT2D eigenvalue weighted by molar-refractivity contribution is -0.134. The van der Waals surface area contributed by atoms with Gasteiger partial charge in [0.05, 0.1) is 6.20 Å². The second-order valence-corrected chi connectivity index (χ2v) is 9.17. The van der Waals surface area contributed by atoms with Gasteiger partial charge in [0, 0.05) is 38.4 Å². The molecule has 2 fully saturated rings. The molecule has 0 saturated carbocycles. The van der Waals surface area contributed by atoms with Crippen molar-refractivity contribution >= 4 is 17.8 Å². The SMILES string of the molecule is CC(C)CN1C(=O)N[C@@](Cc2cccc(F)c2)(C2CCN(C(=O)c3cnccn3)CC2)C1=O. The molecule has 0 spiro atoms. The topological polar surface area (TPSA) is 95.5 Å². The number of likely N-dealkylation sites (tertiary alicyclic amines) is 1. The fourth-order valence-corrected chi connectivity index (χ4v) is 4.83. The summed E-state index contributed by atoms with van der Waals surface area (Å²) in [5.74, 6) is -0.938. The third kappa shape index (κ3) is 4.58. The number of aromatic nitrogens is 2. The van der Waals surface area contributed by atoms with Crippen LogP contribution in [0.25, 0.3) is 0 Å². The highest BCUT2D eigenvalue weighted by Crippen LogP contribution is 2.37. The summed E-state index contributed by atoms with van der Waals surface area (Å²) in [6, 6.07) is 5.71. The summed E-state index contributed by atoms with van der Waals surface area (Å²) >= 11 is 0. The van der Waals surface area contributed by atoms with Crippen LogP contribution in [-0.2, 0) is 11.2 Å². The molecule has 2 aromatic rings. The number of urea groups is 1. The third-order valence-corrected chi connectivity index (χ3v) is 6.38. The Morgan fingerprint density at radius 2 is 2.00 bits per heavy atom. The molecule has 8 nitrogen and oxygen atoms in total. The fraction of sp³-hybridized carbons (Fsp3) is 0.458. The highest BCUT2D eigenvalue weighted by atomic mass is 19.1. The zero-order chi connectivity index (χ0) is 23.6. The molecule has 2 aliphatic heterocycles. The predicted octanol–water partition coefficient (Wildman–Crippen LogP) is 2.66. The van der Waals surface area contributed by atoms with Crippen molar-refractivity contribution in [3.8, 4) is 0 Å². The number of halogens is 1. The molecule has 9 heteroatoms. The van der Waals surface area contributed by atoms with E-state index in [1.807, 2.05) is 13.8 Å². The number of nitrogens with one attached hydrogen (secondary N) is 1. The van der Waals surface area contributed by atoms with Gasteiger partial charge in [-0.2, -0.15) is 0 Å². The van der Waals surface area contributed by atoms with E-state index in [0.717, 1.165) is 0 Å². The zero-order valence-electron chi connectivity index (χ0n) is 18.8. The lowest BCUT2D eigenvalue weighted by Crippen LogP contribution is -2.58. The number of piperidine rings is 1. The quantitative estimate of drug-likeness (QED) is 0.679. The Labute approximate surface area is 192 Å². The Kier molecular flexibility index (Phi) is 6.40. The van der Waals surface area contributed by atoms with Gasteiger partial charge in [0.1, 0.15) is 17.1 Å². The molecule has 1 aromatic carbocycles. The third-order valence-electron chi connectivity index (χ3n) is 6.38. The molecular formula is C24H28FN5O3. The van der Waals surface area contributed by atoms with Crippen LogP contribution in [0.15, 0.2) is 42.9 Å². The highest BCUT2D eigenvalue weighted by Gasteiger charge is 2.56. The van der Waals surface area contributed by atoms with Crippen LogP contribution in [0.3, 0.4) is 0 Å². The number of carbonyl (C=O) groups excluding carboxylic acids is 3. The maximum atomic E-state index is 13.9. The number of amides is 4. The molecule has 0 bridgehead atoms. The van der Waals surface area contributed by atoms with E-state index in [-0.39, 0.29) is 41.6 Å². The second-order valence-electron chi connectivity index (χ2n) is 9.17. The molecule has 0 radical (unpaired) electrons. The number of hydrogen-bond donors (Lipinski definition) is 1. The Morgan fingerprint density at radius 1 is 1.24 bits per heavy atom. The van der Waals surface area contributed by atoms with E-state index in [9.17, 15) is 18.8 Å². The lowest BCUT2D eigenvalue weighted by atomic mass is 9.73. The summed E-state index contributed by atoms with van der Waals surface area (Å²) < 4.78 is 13.9. The summed E-state index contributed by atoms with van der Waals surface area (Å²) in [7, 11) is 0. The normalized spacial score (nSPS) is 21.6. The Balaban J connectivity index is 1.58. The van der Waals surface area contributed by atoms with Gasteiger partial charge in [-0.15, -0.1) is 0 Å². The smallest absolute Gasteiger partial charge is 0.325 e. The van der Waals surface area contributed by atoms with Crippen LogP contribution >= 0.6 is 0 Å². The van der Waals surface area contributed by atoms with Crippen LogP contribution in [0.4, 0.5) is 9.18 Å². The molecule has 1 N–H and O–H groups in total. The van der Waals surface area contributed by atoms with Crippen LogP contribution in [0.2, 0.25) is 0 Å². The largest absolute Gasteiger partial charge is 0.337 e. The van der Waals surface area contributed by atoms with Crippen LogP contribution in [0.1, 0.15) is 42.7 Å². The molecule has 1 aromatic heterocycles. The average Bonchev–Trinajstić information content (AvgIpc) is 3.04. The van der Waals surface area contributed by atoms with Crippen LogP contribution < -0.4 is 5.32 Å². The molecule has 4 amide bonds. The predicted molar refractivity (Wildman–Crippen MR) is 119 cm³/mol. The maximum Gasteiger partial charge on any atom is 0.325 e. The van der Waals surface area contributed by atoms with Crippen molar-refractivity contribution in [1.82, 2.24) is 25.1 Å². The molecule has 33 heavy (non-hydrogen) atoms. The molecule has 4 rings (SSSR count). The molecule has 0 aliphatic carbocycles. The first kappa shape index (κ1) is 22.8. The van der Waals surface area contributed by atoms with Crippen LogP contribution in [0.5, 0.6) is 0 Å². The lowest BCUT2D eigenvalue weighted by Gasteiger charge is -2.41. The number of imide groups is 1. The van der Waals surface area contributed by atoms with Crippen LogP contribution in [0, 0.1) is 17.7 Å². The molecule has 1 atom stereocenters.